The van der Waals surface area contributed by atoms with Crippen LogP contribution in [0, 0.1) is 11.2 Å². The number of nitrogens with zero attached hydrogens (tertiary/aromatic N) is 3. The molecule has 2 aliphatic heterocycles. The van der Waals surface area contributed by atoms with Crippen molar-refractivity contribution in [1.29, 1.82) is 0 Å². The summed E-state index contributed by atoms with van der Waals surface area (Å²) < 4.78 is 37.7. The maximum atomic E-state index is 13.6. The normalized spacial score (nSPS) is 20.2. The van der Waals surface area contributed by atoms with Crippen LogP contribution in [0.2, 0.25) is 5.02 Å². The van der Waals surface area contributed by atoms with Crippen molar-refractivity contribution in [3.63, 3.8) is 0 Å². The third-order valence-electron chi connectivity index (χ3n) is 7.35. The van der Waals surface area contributed by atoms with Crippen LogP contribution >= 0.6 is 11.6 Å². The molecule has 2 spiro atoms. The first-order valence-electron chi connectivity index (χ1n) is 12.2. The Morgan fingerprint density at radius 3 is 2.69 bits per heavy atom. The Hall–Kier alpha value is -2.72. The van der Waals surface area contributed by atoms with Gasteiger partial charge in [0.15, 0.2) is 17.3 Å². The van der Waals surface area contributed by atoms with E-state index < -0.39 is 11.6 Å². The van der Waals surface area contributed by atoms with Gasteiger partial charge in [-0.1, -0.05) is 11.6 Å². The molecule has 0 unspecified atom stereocenters. The Balaban J connectivity index is 1.18. The number of nitrogens with one attached hydrogen (secondary N) is 1. The fourth-order valence-corrected chi connectivity index (χ4v) is 5.50. The molecular weight excluding hydrogens is 487 g/mol. The highest BCUT2D eigenvalue weighted by atomic mass is 35.5. The number of rotatable bonds is 7. The molecule has 0 bridgehead atoms. The number of hydrogen-bond acceptors (Lipinski definition) is 8. The summed E-state index contributed by atoms with van der Waals surface area (Å²) in [6.45, 7) is 4.51. The maximum absolute atomic E-state index is 13.6. The fraction of sp³-hybridized carbons (Fsp3) is 0.462. The van der Waals surface area contributed by atoms with E-state index in [1.54, 1.807) is 13.2 Å². The third kappa shape index (κ3) is 4.24. The topological polar surface area (TPSA) is 78.0 Å². The Morgan fingerprint density at radius 1 is 1.11 bits per heavy atom. The number of benzene rings is 2. The average molecular weight is 515 g/mol. The lowest BCUT2D eigenvalue weighted by molar-refractivity contribution is -0.284. The first kappa shape index (κ1) is 23.7. The molecule has 2 saturated heterocycles. The minimum Gasteiger partial charge on any atom is -0.493 e. The third-order valence-corrected chi connectivity index (χ3v) is 7.64. The molecule has 8 nitrogen and oxygen atoms in total. The highest BCUT2D eigenvalue weighted by molar-refractivity contribution is 6.31. The second kappa shape index (κ2) is 9.30. The summed E-state index contributed by atoms with van der Waals surface area (Å²) in [4.78, 5) is 11.1. The van der Waals surface area contributed by atoms with E-state index in [4.69, 9.17) is 30.5 Å². The van der Waals surface area contributed by atoms with Crippen LogP contribution in [0.15, 0.2) is 36.7 Å². The lowest BCUT2D eigenvalue weighted by Gasteiger charge is -2.38. The molecule has 1 saturated carbocycles. The summed E-state index contributed by atoms with van der Waals surface area (Å²) in [5, 5.41) is 3.97. The molecule has 0 radical (unpaired) electrons. The number of likely N-dealkylation sites (tertiary alicyclic amines) is 1. The number of ether oxygens (including phenoxy) is 4. The van der Waals surface area contributed by atoms with E-state index >= 15 is 0 Å². The molecule has 10 heteroatoms. The molecule has 0 amide bonds. The van der Waals surface area contributed by atoms with E-state index in [1.165, 1.54) is 18.5 Å². The molecule has 1 N–H and O–H groups in total. The first-order valence-corrected chi connectivity index (χ1v) is 12.6. The van der Waals surface area contributed by atoms with Crippen LogP contribution in [-0.4, -0.2) is 67.2 Å². The maximum Gasteiger partial charge on any atom is 0.187 e. The van der Waals surface area contributed by atoms with Gasteiger partial charge in [-0.05, 0) is 43.5 Å². The first-order chi connectivity index (χ1) is 17.5. The Bertz CT molecular complexity index is 1280. The molecule has 3 aliphatic rings. The van der Waals surface area contributed by atoms with Crippen molar-refractivity contribution < 1.29 is 23.3 Å². The zero-order valence-electron chi connectivity index (χ0n) is 20.1. The molecule has 1 aromatic heterocycles. The van der Waals surface area contributed by atoms with Gasteiger partial charge in [0, 0.05) is 35.6 Å². The molecular formula is C26H28ClFN4O4. The van der Waals surface area contributed by atoms with E-state index in [2.05, 4.69) is 20.2 Å². The molecule has 1 aliphatic carbocycles. The van der Waals surface area contributed by atoms with Crippen molar-refractivity contribution in [2.75, 3.05) is 51.9 Å². The van der Waals surface area contributed by atoms with E-state index in [0.29, 0.717) is 35.1 Å². The molecule has 0 atom stereocenters. The van der Waals surface area contributed by atoms with Crippen LogP contribution in [-0.2, 0) is 9.47 Å². The number of anilines is 2. The summed E-state index contributed by atoms with van der Waals surface area (Å²) in [5.74, 6) is 0.812. The van der Waals surface area contributed by atoms with E-state index in [9.17, 15) is 4.39 Å². The molecule has 190 valence electrons. The number of fused-ring (bicyclic) bond motifs is 2. The number of aromatic nitrogens is 2. The van der Waals surface area contributed by atoms with Crippen molar-refractivity contribution in [1.82, 2.24) is 14.9 Å². The molecule has 3 heterocycles. The molecule has 3 fully saturated rings. The van der Waals surface area contributed by atoms with Gasteiger partial charge < -0.3 is 24.3 Å². The van der Waals surface area contributed by atoms with Crippen molar-refractivity contribution >= 4 is 34.0 Å². The lowest BCUT2D eigenvalue weighted by Crippen LogP contribution is -2.48. The number of methoxy groups -OCH3 is 1. The van der Waals surface area contributed by atoms with Gasteiger partial charge in [-0.3, -0.25) is 4.90 Å². The van der Waals surface area contributed by atoms with Crippen LogP contribution in [0.25, 0.3) is 10.9 Å². The molecule has 36 heavy (non-hydrogen) atoms. The largest absolute Gasteiger partial charge is 0.493 e. The molecule has 6 rings (SSSR count). The van der Waals surface area contributed by atoms with Gasteiger partial charge in [0.1, 0.15) is 24.6 Å². The van der Waals surface area contributed by atoms with E-state index in [0.717, 1.165) is 57.5 Å². The molecule has 3 aromatic rings. The second-order valence-electron chi connectivity index (χ2n) is 9.64. The number of halogens is 2. The summed E-state index contributed by atoms with van der Waals surface area (Å²) in [6.07, 6.45) is 4.72. The van der Waals surface area contributed by atoms with Gasteiger partial charge in [-0.2, -0.15) is 0 Å². The SMILES string of the molecule is COc1cc2ncnc(Nc3ccc(F)c(Cl)c3)c2cc1OCCN1CC2(CC2)C2(C1)OCCCO2. The monoisotopic (exact) mass is 514 g/mol. The summed E-state index contributed by atoms with van der Waals surface area (Å²) in [6, 6.07) is 8.11. The van der Waals surface area contributed by atoms with Crippen molar-refractivity contribution in [2.45, 2.75) is 25.0 Å². The zero-order chi connectivity index (χ0) is 24.8. The predicted octanol–water partition coefficient (Wildman–Crippen LogP) is 4.78. The highest BCUT2D eigenvalue weighted by Gasteiger charge is 2.67. The van der Waals surface area contributed by atoms with Gasteiger partial charge in [0.05, 0.1) is 37.4 Å². The number of hydrogen-bond donors (Lipinski definition) is 1. The van der Waals surface area contributed by atoms with Gasteiger partial charge in [-0.15, -0.1) is 0 Å². The lowest BCUT2D eigenvalue weighted by atomic mass is 9.98. The minimum absolute atomic E-state index is 0.0322. The average Bonchev–Trinajstić information content (AvgIpc) is 3.62. The smallest absolute Gasteiger partial charge is 0.187 e. The van der Waals surface area contributed by atoms with Crippen molar-refractivity contribution in [3.05, 3.63) is 47.5 Å². The van der Waals surface area contributed by atoms with Gasteiger partial charge in [-0.25, -0.2) is 14.4 Å². The van der Waals surface area contributed by atoms with Crippen LogP contribution in [0.1, 0.15) is 19.3 Å². The minimum atomic E-state index is -0.478. The van der Waals surface area contributed by atoms with E-state index in [1.807, 2.05) is 12.1 Å². The zero-order valence-corrected chi connectivity index (χ0v) is 20.8. The van der Waals surface area contributed by atoms with Crippen molar-refractivity contribution in [3.8, 4) is 11.5 Å². The summed E-state index contributed by atoms with van der Waals surface area (Å²) >= 11 is 5.94. The van der Waals surface area contributed by atoms with Crippen LogP contribution in [0.3, 0.4) is 0 Å². The second-order valence-corrected chi connectivity index (χ2v) is 10.0. The van der Waals surface area contributed by atoms with Gasteiger partial charge in [0.2, 0.25) is 0 Å². The van der Waals surface area contributed by atoms with Crippen molar-refractivity contribution in [2.24, 2.45) is 5.41 Å². The highest BCUT2D eigenvalue weighted by Crippen LogP contribution is 2.60. The van der Waals surface area contributed by atoms with Gasteiger partial charge >= 0.3 is 0 Å². The standard InChI is InChI=1S/C26H28ClFN4O4/c1-33-22-13-21-18(24(30-16-29-21)31-17-3-4-20(28)19(27)11-17)12-23(22)34-10-7-32-14-25(5-6-25)26(15-32)35-8-2-9-36-26/h3-4,11-13,16H,2,5-10,14-15H2,1H3,(H,29,30,31). The Morgan fingerprint density at radius 2 is 1.94 bits per heavy atom. The summed E-state index contributed by atoms with van der Waals surface area (Å²) in [7, 11) is 1.60. The quantitative estimate of drug-likeness (QED) is 0.482. The van der Waals surface area contributed by atoms with E-state index in [-0.39, 0.29) is 10.4 Å². The van der Waals surface area contributed by atoms with Crippen LogP contribution < -0.4 is 14.8 Å². The Labute approximate surface area is 213 Å². The predicted molar refractivity (Wildman–Crippen MR) is 134 cm³/mol. The van der Waals surface area contributed by atoms with Crippen LogP contribution in [0.4, 0.5) is 15.9 Å². The Kier molecular flexibility index (Phi) is 6.11. The summed E-state index contributed by atoms with van der Waals surface area (Å²) in [5.41, 5.74) is 1.44. The fourth-order valence-electron chi connectivity index (χ4n) is 5.32. The van der Waals surface area contributed by atoms with Gasteiger partial charge in [0.25, 0.3) is 0 Å². The van der Waals surface area contributed by atoms with Crippen LogP contribution in [0.5, 0.6) is 11.5 Å². The molecule has 2 aromatic carbocycles.